The molecule has 2 amide bonds. The summed E-state index contributed by atoms with van der Waals surface area (Å²) in [6, 6.07) is 16.9. The number of aliphatic imine (C=N–C) groups is 1. The highest BCUT2D eigenvalue weighted by Crippen LogP contribution is 2.30. The predicted octanol–water partition coefficient (Wildman–Crippen LogP) is 1.97. The molecule has 1 unspecified atom stereocenters. The number of fused-ring (bicyclic) bond motifs is 1. The Morgan fingerprint density at radius 3 is 2.60 bits per heavy atom. The van der Waals surface area contributed by atoms with Gasteiger partial charge in [0.2, 0.25) is 11.7 Å². The van der Waals surface area contributed by atoms with Crippen LogP contribution in [0.25, 0.3) is 0 Å². The van der Waals surface area contributed by atoms with Crippen molar-refractivity contribution in [1.29, 1.82) is 0 Å². The van der Waals surface area contributed by atoms with Gasteiger partial charge in [0.25, 0.3) is 5.91 Å². The fraction of sp³-hybridized carbons (Fsp3) is 0.167. The van der Waals surface area contributed by atoms with Crippen LogP contribution in [-0.4, -0.2) is 31.2 Å². The molecule has 0 fully saturated rings. The van der Waals surface area contributed by atoms with E-state index >= 15 is 0 Å². The Kier molecular flexibility index (Phi) is 5.35. The molecule has 0 saturated carbocycles. The van der Waals surface area contributed by atoms with E-state index in [0.29, 0.717) is 0 Å². The van der Waals surface area contributed by atoms with Crippen molar-refractivity contribution in [3.8, 4) is 0 Å². The molecule has 1 atom stereocenters. The molecule has 1 aliphatic heterocycles. The second-order valence-electron chi connectivity index (χ2n) is 5.42. The van der Waals surface area contributed by atoms with E-state index in [0.717, 1.165) is 16.1 Å². The molecule has 7 heteroatoms. The van der Waals surface area contributed by atoms with Gasteiger partial charge in [-0.1, -0.05) is 42.5 Å². The van der Waals surface area contributed by atoms with Crippen LogP contribution in [0.1, 0.15) is 11.5 Å². The van der Waals surface area contributed by atoms with Gasteiger partial charge in [0.15, 0.2) is 0 Å². The molecule has 0 aliphatic carbocycles. The Labute approximate surface area is 150 Å². The van der Waals surface area contributed by atoms with Gasteiger partial charge in [0.1, 0.15) is 0 Å². The van der Waals surface area contributed by atoms with Crippen LogP contribution in [0.3, 0.4) is 0 Å². The third-order valence-corrected chi connectivity index (χ3v) is 4.66. The Bertz CT molecular complexity index is 808. The number of rotatable bonds is 5. The molecule has 3 rings (SSSR count). The lowest BCUT2D eigenvalue weighted by Gasteiger charge is -2.19. The van der Waals surface area contributed by atoms with Gasteiger partial charge in [0.05, 0.1) is 16.5 Å². The van der Waals surface area contributed by atoms with Crippen molar-refractivity contribution in [3.05, 3.63) is 60.2 Å². The Balaban J connectivity index is 1.70. The molecular formula is C18H18N4O2S. The number of nitrogens with zero attached hydrogens (tertiary/aromatic N) is 1. The van der Waals surface area contributed by atoms with E-state index in [4.69, 9.17) is 0 Å². The Hall–Kier alpha value is -2.80. The minimum atomic E-state index is -0.459. The Morgan fingerprint density at radius 1 is 1.12 bits per heavy atom. The summed E-state index contributed by atoms with van der Waals surface area (Å²) in [6.45, 7) is 0.190. The number of amidine groups is 1. The first-order valence-electron chi connectivity index (χ1n) is 7.84. The van der Waals surface area contributed by atoms with E-state index in [1.54, 1.807) is 7.05 Å². The first kappa shape index (κ1) is 17.0. The van der Waals surface area contributed by atoms with E-state index < -0.39 is 5.92 Å². The zero-order chi connectivity index (χ0) is 17.6. The zero-order valence-corrected chi connectivity index (χ0v) is 14.5. The molecule has 128 valence electrons. The van der Waals surface area contributed by atoms with Gasteiger partial charge in [-0.3, -0.25) is 9.59 Å². The van der Waals surface area contributed by atoms with Gasteiger partial charge in [-0.05, 0) is 29.6 Å². The van der Waals surface area contributed by atoms with Crippen molar-refractivity contribution in [1.82, 2.24) is 15.4 Å². The highest BCUT2D eigenvalue weighted by Gasteiger charge is 2.23. The summed E-state index contributed by atoms with van der Waals surface area (Å²) in [6.07, 6.45) is 0. The number of nitrogens with one attached hydrogen (secondary N) is 3. The molecule has 0 aromatic heterocycles. The molecule has 0 saturated heterocycles. The minimum absolute atomic E-state index is 0.148. The standard InChI is InChI=1S/C18H18N4O2S/c1-19-17(23)13(12-7-3-2-4-8-12)11-20-18(24)16-21-14-9-5-6-10-15(14)25-22-16/h2-10,13H,11H2,1H3,(H,19,23)(H,20,24)(H,21,22). The van der Waals surface area contributed by atoms with Crippen LogP contribution in [-0.2, 0) is 9.59 Å². The van der Waals surface area contributed by atoms with Gasteiger partial charge in [-0.25, -0.2) is 4.99 Å². The molecule has 25 heavy (non-hydrogen) atoms. The molecule has 2 aromatic rings. The highest BCUT2D eigenvalue weighted by molar-refractivity contribution is 7.98. The van der Waals surface area contributed by atoms with Crippen LogP contribution in [0, 0.1) is 0 Å². The topological polar surface area (TPSA) is 82.6 Å². The monoisotopic (exact) mass is 354 g/mol. The van der Waals surface area contributed by atoms with Gasteiger partial charge in [-0.2, -0.15) is 0 Å². The van der Waals surface area contributed by atoms with Crippen LogP contribution >= 0.6 is 11.9 Å². The fourth-order valence-electron chi connectivity index (χ4n) is 2.48. The maximum Gasteiger partial charge on any atom is 0.287 e. The van der Waals surface area contributed by atoms with Crippen LogP contribution in [0.5, 0.6) is 0 Å². The van der Waals surface area contributed by atoms with E-state index in [9.17, 15) is 9.59 Å². The number of carbonyl (C=O) groups excluding carboxylic acids is 2. The maximum atomic E-state index is 12.4. The number of benzene rings is 2. The summed E-state index contributed by atoms with van der Waals surface area (Å²) >= 11 is 1.35. The third kappa shape index (κ3) is 4.00. The van der Waals surface area contributed by atoms with Gasteiger partial charge >= 0.3 is 0 Å². The van der Waals surface area contributed by atoms with Crippen molar-refractivity contribution in [2.24, 2.45) is 4.99 Å². The summed E-state index contributed by atoms with van der Waals surface area (Å²) < 4.78 is 2.94. The first-order valence-corrected chi connectivity index (χ1v) is 8.66. The summed E-state index contributed by atoms with van der Waals surface area (Å²) in [5.74, 6) is -0.719. The summed E-state index contributed by atoms with van der Waals surface area (Å²) in [7, 11) is 1.58. The van der Waals surface area contributed by atoms with Gasteiger partial charge in [0, 0.05) is 13.6 Å². The predicted molar refractivity (Wildman–Crippen MR) is 98.8 cm³/mol. The van der Waals surface area contributed by atoms with E-state index in [-0.39, 0.29) is 24.2 Å². The van der Waals surface area contributed by atoms with Crippen molar-refractivity contribution in [2.75, 3.05) is 13.6 Å². The number of hydrogen-bond donors (Lipinski definition) is 3. The second kappa shape index (κ2) is 7.85. The van der Waals surface area contributed by atoms with Crippen molar-refractivity contribution < 1.29 is 9.59 Å². The minimum Gasteiger partial charge on any atom is -0.359 e. The number of carbonyl (C=O) groups is 2. The third-order valence-electron chi connectivity index (χ3n) is 3.80. The summed E-state index contributed by atoms with van der Waals surface area (Å²) in [5.41, 5.74) is 1.60. The molecule has 6 nitrogen and oxygen atoms in total. The molecule has 1 heterocycles. The average molecular weight is 354 g/mol. The van der Waals surface area contributed by atoms with E-state index in [1.807, 2.05) is 54.6 Å². The van der Waals surface area contributed by atoms with Gasteiger partial charge in [-0.15, -0.1) is 0 Å². The highest BCUT2D eigenvalue weighted by atomic mass is 32.2. The second-order valence-corrected chi connectivity index (χ2v) is 6.27. The summed E-state index contributed by atoms with van der Waals surface area (Å²) in [4.78, 5) is 29.9. The number of hydrogen-bond acceptors (Lipinski definition) is 5. The Morgan fingerprint density at radius 2 is 1.84 bits per heavy atom. The summed E-state index contributed by atoms with van der Waals surface area (Å²) in [5, 5.41) is 5.43. The normalized spacial score (nSPS) is 13.7. The van der Waals surface area contributed by atoms with E-state index in [2.05, 4.69) is 20.3 Å². The quantitative estimate of drug-likeness (QED) is 0.717. The van der Waals surface area contributed by atoms with Crippen molar-refractivity contribution in [3.63, 3.8) is 0 Å². The smallest absolute Gasteiger partial charge is 0.287 e. The van der Waals surface area contributed by atoms with Crippen LogP contribution in [0.15, 0.2) is 64.5 Å². The maximum absolute atomic E-state index is 12.4. The lowest BCUT2D eigenvalue weighted by molar-refractivity contribution is -0.122. The molecule has 3 N–H and O–H groups in total. The molecule has 2 aromatic carbocycles. The lowest BCUT2D eigenvalue weighted by Crippen LogP contribution is -2.42. The number of likely N-dealkylation sites (N-methyl/N-ethyl adjacent to an activating group) is 1. The largest absolute Gasteiger partial charge is 0.359 e. The molecule has 0 spiro atoms. The fourth-order valence-corrected chi connectivity index (χ4v) is 3.19. The van der Waals surface area contributed by atoms with Crippen molar-refractivity contribution >= 4 is 35.3 Å². The molecule has 1 aliphatic rings. The molecule has 0 radical (unpaired) electrons. The first-order chi connectivity index (χ1) is 12.2. The van der Waals surface area contributed by atoms with Crippen molar-refractivity contribution in [2.45, 2.75) is 10.8 Å². The van der Waals surface area contributed by atoms with Crippen LogP contribution < -0.4 is 15.4 Å². The molecular weight excluding hydrogens is 336 g/mol. The molecule has 0 bridgehead atoms. The number of para-hydroxylation sites is 1. The zero-order valence-electron chi connectivity index (χ0n) is 13.7. The van der Waals surface area contributed by atoms with E-state index in [1.165, 1.54) is 11.9 Å². The van der Waals surface area contributed by atoms with Gasteiger partial charge < -0.3 is 15.4 Å². The number of amides is 2. The lowest BCUT2D eigenvalue weighted by atomic mass is 9.98. The van der Waals surface area contributed by atoms with Crippen LogP contribution in [0.2, 0.25) is 0 Å². The average Bonchev–Trinajstić information content (AvgIpc) is 2.68. The SMILES string of the molecule is CNC(=O)C(CNC(=O)C1=Nc2ccccc2SN1)c1ccccc1. The van der Waals surface area contributed by atoms with Crippen LogP contribution in [0.4, 0.5) is 5.69 Å².